The third-order valence-corrected chi connectivity index (χ3v) is 9.12. The van der Waals surface area contributed by atoms with Crippen molar-refractivity contribution in [2.75, 3.05) is 13.7 Å². The minimum absolute atomic E-state index is 0.0537. The summed E-state index contributed by atoms with van der Waals surface area (Å²) in [7, 11) is -2.70. The topological polar surface area (TPSA) is 75.7 Å². The number of carbonyl (C=O) groups is 1. The zero-order chi connectivity index (χ0) is 23.0. The molecular weight excluding hydrogens is 465 g/mol. The number of nitrogens with zero attached hydrogens (tertiary/aromatic N) is 1. The van der Waals surface area contributed by atoms with Gasteiger partial charge in [0.15, 0.2) is 17.5 Å². The van der Waals surface area contributed by atoms with Crippen LogP contribution in [0.1, 0.15) is 52.0 Å². The summed E-state index contributed by atoms with van der Waals surface area (Å²) in [5.41, 5.74) is 0.961. The molecule has 1 aliphatic carbocycles. The Hall–Kier alpha value is -1.95. The van der Waals surface area contributed by atoms with Crippen LogP contribution in [0.5, 0.6) is 0 Å². The Kier molecular flexibility index (Phi) is 6.62. The lowest BCUT2D eigenvalue weighted by atomic mass is 10.0. The van der Waals surface area contributed by atoms with Crippen molar-refractivity contribution in [3.05, 3.63) is 51.2 Å². The lowest BCUT2D eigenvalue weighted by Crippen LogP contribution is -2.33. The van der Waals surface area contributed by atoms with Crippen LogP contribution >= 0.6 is 11.3 Å². The normalized spacial score (nSPS) is 17.5. The minimum Gasteiger partial charge on any atom is -0.465 e. The van der Waals surface area contributed by atoms with Crippen molar-refractivity contribution in [3.63, 3.8) is 0 Å². The summed E-state index contributed by atoms with van der Waals surface area (Å²) < 4.78 is 74.0. The Labute approximate surface area is 188 Å². The van der Waals surface area contributed by atoms with Crippen molar-refractivity contribution in [1.82, 2.24) is 9.62 Å². The fraction of sp³-hybridized carbons (Fsp3) is 0.476. The third kappa shape index (κ3) is 4.57. The fourth-order valence-electron chi connectivity index (χ4n) is 4.34. The smallest absolute Gasteiger partial charge is 0.340 e. The number of esters is 1. The quantitative estimate of drug-likeness (QED) is 0.495. The molecule has 0 bridgehead atoms. The van der Waals surface area contributed by atoms with Crippen LogP contribution < -0.4 is 4.72 Å². The van der Waals surface area contributed by atoms with Crippen molar-refractivity contribution in [1.29, 1.82) is 0 Å². The molecule has 32 heavy (non-hydrogen) atoms. The van der Waals surface area contributed by atoms with Gasteiger partial charge in [0.25, 0.3) is 10.0 Å². The molecule has 0 unspecified atom stereocenters. The SMILES string of the molecule is COC(=O)c1c(S(=O)(=O)NC2CCCC2)sc2c1CCN(Cc1cc(F)c(F)c(F)c1)C2. The second-order valence-electron chi connectivity index (χ2n) is 8.09. The second-order valence-corrected chi connectivity index (χ2v) is 11.1. The average Bonchev–Trinajstić information content (AvgIpc) is 3.38. The van der Waals surface area contributed by atoms with Crippen molar-refractivity contribution in [3.8, 4) is 0 Å². The lowest BCUT2D eigenvalue weighted by molar-refractivity contribution is 0.0595. The summed E-state index contributed by atoms with van der Waals surface area (Å²) >= 11 is 1.02. The highest BCUT2D eigenvalue weighted by Gasteiger charge is 2.35. The molecule has 1 fully saturated rings. The van der Waals surface area contributed by atoms with Crippen LogP contribution in [0.15, 0.2) is 16.3 Å². The summed E-state index contributed by atoms with van der Waals surface area (Å²) in [5.74, 6) is -4.73. The average molecular weight is 489 g/mol. The Morgan fingerprint density at radius 2 is 1.88 bits per heavy atom. The van der Waals surface area contributed by atoms with Crippen LogP contribution in [0.25, 0.3) is 0 Å². The van der Waals surface area contributed by atoms with Gasteiger partial charge in [0.05, 0.1) is 12.7 Å². The largest absolute Gasteiger partial charge is 0.465 e. The molecule has 2 aromatic rings. The Morgan fingerprint density at radius 3 is 2.50 bits per heavy atom. The van der Waals surface area contributed by atoms with E-state index >= 15 is 0 Å². The molecule has 0 saturated heterocycles. The number of fused-ring (bicyclic) bond motifs is 1. The second kappa shape index (κ2) is 9.12. The molecule has 1 N–H and O–H groups in total. The first kappa shape index (κ1) is 23.2. The van der Waals surface area contributed by atoms with Crippen LogP contribution in [-0.2, 0) is 34.3 Å². The van der Waals surface area contributed by atoms with Crippen LogP contribution in [0.4, 0.5) is 13.2 Å². The van der Waals surface area contributed by atoms with E-state index < -0.39 is 33.4 Å². The predicted octanol–water partition coefficient (Wildman–Crippen LogP) is 3.73. The summed E-state index contributed by atoms with van der Waals surface area (Å²) in [6.07, 6.45) is 3.81. The summed E-state index contributed by atoms with van der Waals surface area (Å²) in [5, 5.41) is 0. The van der Waals surface area contributed by atoms with E-state index in [4.69, 9.17) is 4.74 Å². The van der Waals surface area contributed by atoms with E-state index in [1.807, 2.05) is 4.90 Å². The Bertz CT molecular complexity index is 1120. The van der Waals surface area contributed by atoms with Gasteiger partial charge in [-0.2, -0.15) is 0 Å². The van der Waals surface area contributed by atoms with Gasteiger partial charge in [-0.15, -0.1) is 11.3 Å². The zero-order valence-electron chi connectivity index (χ0n) is 17.4. The van der Waals surface area contributed by atoms with Gasteiger partial charge in [-0.25, -0.2) is 31.1 Å². The van der Waals surface area contributed by atoms with Crippen molar-refractivity contribution in [2.45, 2.75) is 55.4 Å². The number of hydrogen-bond acceptors (Lipinski definition) is 6. The van der Waals surface area contributed by atoms with Crippen molar-refractivity contribution >= 4 is 27.3 Å². The highest BCUT2D eigenvalue weighted by molar-refractivity contribution is 7.91. The molecule has 1 saturated carbocycles. The number of benzene rings is 1. The number of thiophene rings is 1. The Balaban J connectivity index is 1.61. The molecule has 6 nitrogen and oxygen atoms in total. The monoisotopic (exact) mass is 488 g/mol. The molecule has 4 rings (SSSR count). The predicted molar refractivity (Wildman–Crippen MR) is 112 cm³/mol. The van der Waals surface area contributed by atoms with Crippen LogP contribution in [0.3, 0.4) is 0 Å². The van der Waals surface area contributed by atoms with E-state index in [0.29, 0.717) is 30.0 Å². The van der Waals surface area contributed by atoms with Gasteiger partial charge in [0.1, 0.15) is 4.21 Å². The fourth-order valence-corrected chi connectivity index (χ4v) is 7.59. The molecule has 0 amide bonds. The molecule has 2 aliphatic rings. The zero-order valence-corrected chi connectivity index (χ0v) is 19.1. The summed E-state index contributed by atoms with van der Waals surface area (Å²) in [6, 6.07) is 1.75. The molecule has 1 aliphatic heterocycles. The Morgan fingerprint density at radius 1 is 1.22 bits per heavy atom. The van der Waals surface area contributed by atoms with E-state index in [-0.39, 0.29) is 27.9 Å². The maximum absolute atomic E-state index is 13.6. The van der Waals surface area contributed by atoms with Gasteiger partial charge >= 0.3 is 5.97 Å². The first-order valence-electron chi connectivity index (χ1n) is 10.3. The number of ether oxygens (including phenoxy) is 1. The number of sulfonamides is 1. The van der Waals surface area contributed by atoms with Gasteiger partial charge in [-0.1, -0.05) is 12.8 Å². The number of hydrogen-bond donors (Lipinski definition) is 1. The van der Waals surface area contributed by atoms with E-state index in [1.165, 1.54) is 7.11 Å². The van der Waals surface area contributed by atoms with E-state index in [9.17, 15) is 26.4 Å². The molecule has 0 spiro atoms. The maximum atomic E-state index is 13.6. The van der Waals surface area contributed by atoms with E-state index in [0.717, 1.165) is 49.2 Å². The van der Waals surface area contributed by atoms with E-state index in [2.05, 4.69) is 4.72 Å². The third-order valence-electron chi connectivity index (χ3n) is 5.86. The molecule has 174 valence electrons. The van der Waals surface area contributed by atoms with Crippen LogP contribution in [0, 0.1) is 17.5 Å². The standard InChI is InChI=1S/C21H23F3N2O4S2/c1-30-20(27)18-14-6-7-26(10-12-8-15(22)19(24)16(23)9-12)11-17(14)31-21(18)32(28,29)25-13-4-2-3-5-13/h8-9,13,25H,2-7,10-11H2,1H3. The van der Waals surface area contributed by atoms with Gasteiger partial charge in [0, 0.05) is 30.6 Å². The number of carbonyl (C=O) groups excluding carboxylic acids is 1. The number of nitrogens with one attached hydrogen (secondary N) is 1. The van der Waals surface area contributed by atoms with Gasteiger partial charge in [-0.3, -0.25) is 4.90 Å². The minimum atomic E-state index is -3.91. The summed E-state index contributed by atoms with van der Waals surface area (Å²) in [4.78, 5) is 15.0. The van der Waals surface area contributed by atoms with Crippen molar-refractivity contribution in [2.24, 2.45) is 0 Å². The first-order chi connectivity index (χ1) is 15.2. The highest BCUT2D eigenvalue weighted by Crippen LogP contribution is 2.37. The van der Waals surface area contributed by atoms with Gasteiger partial charge in [0.2, 0.25) is 0 Å². The first-order valence-corrected chi connectivity index (χ1v) is 12.6. The molecule has 2 heterocycles. The number of rotatable bonds is 6. The van der Waals surface area contributed by atoms with Gasteiger partial charge in [-0.05, 0) is 42.5 Å². The molecule has 1 aromatic carbocycles. The lowest BCUT2D eigenvalue weighted by Gasteiger charge is -2.27. The molecular formula is C21H23F3N2O4S2. The molecule has 0 radical (unpaired) electrons. The van der Waals surface area contributed by atoms with E-state index in [1.54, 1.807) is 0 Å². The molecule has 1 aromatic heterocycles. The van der Waals surface area contributed by atoms with Crippen LogP contribution in [0.2, 0.25) is 0 Å². The highest BCUT2D eigenvalue weighted by atomic mass is 32.2. The number of halogens is 3. The van der Waals surface area contributed by atoms with Gasteiger partial charge < -0.3 is 4.74 Å². The van der Waals surface area contributed by atoms with Crippen molar-refractivity contribution < 1.29 is 31.1 Å². The summed E-state index contributed by atoms with van der Waals surface area (Å²) in [6.45, 7) is 0.884. The molecule has 11 heteroatoms. The number of methoxy groups -OCH3 is 1. The maximum Gasteiger partial charge on any atom is 0.340 e. The molecule has 0 atom stereocenters. The van der Waals surface area contributed by atoms with Crippen LogP contribution in [-0.4, -0.2) is 39.0 Å².